The monoisotopic (exact) mass is 816 g/mol. The van der Waals surface area contributed by atoms with E-state index >= 15 is 0 Å². The van der Waals surface area contributed by atoms with Crippen molar-refractivity contribution in [3.63, 3.8) is 0 Å². The minimum absolute atomic E-state index is 0.0758. The van der Waals surface area contributed by atoms with Gasteiger partial charge in [0.15, 0.2) is 0 Å². The lowest BCUT2D eigenvalue weighted by atomic mass is 9.85. The third-order valence-corrected chi connectivity index (χ3v) is 11.9. The standard InChI is InChI=1S/C59H47N3O/c1-39-33-52(43-27-29-48(30-28-43)59(2,3)4)55(38-51(39)42-21-12-7-13-22-42)62-54-25-16-24-49(57(54)61-58(62)50-23-14-15-26-56(50)63)46-34-45(41-19-10-6-11-20-41)35-47(36-46)53-37-44(31-32-60-53)40-17-8-5-9-18-40/h5-38,63H,1-4H3/i1D3. The smallest absolute Gasteiger partial charge is 0.149 e. The summed E-state index contributed by atoms with van der Waals surface area (Å²) in [5, 5.41) is 11.6. The summed E-state index contributed by atoms with van der Waals surface area (Å²) in [7, 11) is 0. The number of phenols is 1. The lowest BCUT2D eigenvalue weighted by molar-refractivity contribution is 0.477. The molecule has 10 aromatic rings. The Labute approximate surface area is 373 Å². The summed E-state index contributed by atoms with van der Waals surface area (Å²) < 4.78 is 28.6. The Kier molecular flexibility index (Phi) is 9.24. The van der Waals surface area contributed by atoms with Crippen molar-refractivity contribution in [1.29, 1.82) is 0 Å². The molecule has 304 valence electrons. The summed E-state index contributed by atoms with van der Waals surface area (Å²) in [6.07, 6.45) is 1.86. The quantitative estimate of drug-likeness (QED) is 0.166. The molecule has 0 fully saturated rings. The molecule has 0 aliphatic carbocycles. The predicted molar refractivity (Wildman–Crippen MR) is 262 cm³/mol. The lowest BCUT2D eigenvalue weighted by Crippen LogP contribution is -2.10. The van der Waals surface area contributed by atoms with Crippen LogP contribution in [0.5, 0.6) is 5.75 Å². The first kappa shape index (κ1) is 35.9. The van der Waals surface area contributed by atoms with Crippen molar-refractivity contribution in [3.8, 4) is 89.7 Å². The third kappa shape index (κ3) is 7.62. The number of hydrogen-bond acceptors (Lipinski definition) is 3. The van der Waals surface area contributed by atoms with Crippen molar-refractivity contribution in [2.75, 3.05) is 0 Å². The van der Waals surface area contributed by atoms with Gasteiger partial charge in [-0.3, -0.25) is 9.55 Å². The van der Waals surface area contributed by atoms with E-state index in [-0.39, 0.29) is 16.7 Å². The fourth-order valence-electron chi connectivity index (χ4n) is 8.56. The van der Waals surface area contributed by atoms with E-state index in [0.717, 1.165) is 78.1 Å². The second-order valence-corrected chi connectivity index (χ2v) is 17.0. The Bertz CT molecular complexity index is 3370. The zero-order valence-electron chi connectivity index (χ0n) is 38.4. The number of para-hydroxylation sites is 2. The van der Waals surface area contributed by atoms with Gasteiger partial charge in [0, 0.05) is 27.0 Å². The molecule has 2 heterocycles. The number of benzene rings is 8. The number of nitrogens with zero attached hydrogens (tertiary/aromatic N) is 3. The number of fused-ring (bicyclic) bond motifs is 1. The van der Waals surface area contributed by atoms with Gasteiger partial charge in [-0.15, -0.1) is 0 Å². The van der Waals surface area contributed by atoms with Gasteiger partial charge < -0.3 is 5.11 Å². The van der Waals surface area contributed by atoms with Gasteiger partial charge in [0.2, 0.25) is 0 Å². The van der Waals surface area contributed by atoms with E-state index in [4.69, 9.17) is 14.1 Å². The first-order valence-corrected chi connectivity index (χ1v) is 21.3. The van der Waals surface area contributed by atoms with Gasteiger partial charge >= 0.3 is 0 Å². The Balaban J connectivity index is 1.27. The Morgan fingerprint density at radius 2 is 1.08 bits per heavy atom. The molecule has 10 rings (SSSR count). The molecule has 2 aromatic heterocycles. The second-order valence-electron chi connectivity index (χ2n) is 17.0. The molecule has 63 heavy (non-hydrogen) atoms. The molecule has 1 N–H and O–H groups in total. The molecular weight excluding hydrogens is 767 g/mol. The molecule has 4 nitrogen and oxygen atoms in total. The van der Waals surface area contributed by atoms with Crippen LogP contribution in [0.3, 0.4) is 0 Å². The zero-order chi connectivity index (χ0) is 45.6. The van der Waals surface area contributed by atoms with E-state index in [2.05, 4.69) is 110 Å². The lowest BCUT2D eigenvalue weighted by Gasteiger charge is -2.21. The summed E-state index contributed by atoms with van der Waals surface area (Å²) in [5.74, 6) is 0.590. The highest BCUT2D eigenvalue weighted by Gasteiger charge is 2.24. The first-order valence-electron chi connectivity index (χ1n) is 22.8. The van der Waals surface area contributed by atoms with E-state index < -0.39 is 6.85 Å². The Morgan fingerprint density at radius 3 is 1.76 bits per heavy atom. The van der Waals surface area contributed by atoms with E-state index in [9.17, 15) is 5.11 Å². The van der Waals surface area contributed by atoms with Gasteiger partial charge in [0.05, 0.1) is 28.0 Å². The molecule has 0 bridgehead atoms. The fraction of sp³-hybridized carbons (Fsp3) is 0.0847. The van der Waals surface area contributed by atoms with Gasteiger partial charge in [-0.1, -0.05) is 160 Å². The predicted octanol–water partition coefficient (Wildman–Crippen LogP) is 15.4. The van der Waals surface area contributed by atoms with Crippen LogP contribution in [0, 0.1) is 6.85 Å². The largest absolute Gasteiger partial charge is 0.507 e. The van der Waals surface area contributed by atoms with Crippen LogP contribution >= 0.6 is 0 Å². The van der Waals surface area contributed by atoms with Gasteiger partial charge in [-0.2, -0.15) is 0 Å². The van der Waals surface area contributed by atoms with Gasteiger partial charge in [0.25, 0.3) is 0 Å². The van der Waals surface area contributed by atoms with Crippen LogP contribution in [-0.2, 0) is 5.41 Å². The first-order chi connectivity index (χ1) is 31.9. The Hall–Kier alpha value is -7.82. The van der Waals surface area contributed by atoms with Crippen LogP contribution in [0.1, 0.15) is 36.0 Å². The summed E-state index contributed by atoms with van der Waals surface area (Å²) in [6, 6.07) is 66.7. The number of hydrogen-bond donors (Lipinski definition) is 1. The normalized spacial score (nSPS) is 12.5. The van der Waals surface area contributed by atoms with E-state index in [0.29, 0.717) is 22.5 Å². The number of aromatic nitrogens is 3. The summed E-state index contributed by atoms with van der Waals surface area (Å²) in [5.41, 5.74) is 14.9. The van der Waals surface area contributed by atoms with Gasteiger partial charge in [0.1, 0.15) is 11.6 Å². The topological polar surface area (TPSA) is 50.9 Å². The highest BCUT2D eigenvalue weighted by molar-refractivity contribution is 5.99. The number of pyridine rings is 1. The van der Waals surface area contributed by atoms with Crippen molar-refractivity contribution in [3.05, 3.63) is 218 Å². The van der Waals surface area contributed by atoms with Crippen molar-refractivity contribution in [2.45, 2.75) is 33.0 Å². The van der Waals surface area contributed by atoms with E-state index in [1.165, 1.54) is 0 Å². The van der Waals surface area contributed by atoms with E-state index in [1.807, 2.05) is 109 Å². The molecule has 0 atom stereocenters. The molecule has 0 saturated carbocycles. The SMILES string of the molecule is [2H]C([2H])([2H])c1cc(-c2ccc(C(C)(C)C)cc2)c(-n2c(-c3ccccc3O)nc3c(-c4cc(-c5ccccc5)cc(-c5cc(-c6ccccc6)ccn5)c4)cccc32)cc1-c1ccccc1. The maximum absolute atomic E-state index is 11.6. The molecule has 0 aliphatic heterocycles. The van der Waals surface area contributed by atoms with Crippen LogP contribution in [0.4, 0.5) is 0 Å². The minimum Gasteiger partial charge on any atom is -0.507 e. The van der Waals surface area contributed by atoms with Gasteiger partial charge in [-0.25, -0.2) is 4.98 Å². The Morgan fingerprint density at radius 1 is 0.476 bits per heavy atom. The van der Waals surface area contributed by atoms with Crippen LogP contribution in [0.2, 0.25) is 0 Å². The molecular formula is C59H47N3O. The average Bonchev–Trinajstić information content (AvgIpc) is 3.73. The van der Waals surface area contributed by atoms with Crippen LogP contribution in [0.25, 0.3) is 95.0 Å². The number of aromatic hydroxyl groups is 1. The molecule has 0 spiro atoms. The fourth-order valence-corrected chi connectivity index (χ4v) is 8.56. The van der Waals surface area contributed by atoms with Crippen LogP contribution in [-0.4, -0.2) is 19.6 Å². The average molecular weight is 817 g/mol. The molecule has 0 aliphatic rings. The summed E-state index contributed by atoms with van der Waals surface area (Å²) in [4.78, 5) is 10.4. The maximum Gasteiger partial charge on any atom is 0.149 e. The molecule has 0 saturated heterocycles. The van der Waals surface area contributed by atoms with Crippen molar-refractivity contribution >= 4 is 11.0 Å². The zero-order valence-corrected chi connectivity index (χ0v) is 35.4. The molecule has 0 amide bonds. The maximum atomic E-state index is 11.6. The number of aryl methyl sites for hydroxylation is 1. The van der Waals surface area contributed by atoms with Crippen molar-refractivity contribution in [2.24, 2.45) is 0 Å². The van der Waals surface area contributed by atoms with Crippen molar-refractivity contribution < 1.29 is 9.22 Å². The number of imidazole rings is 1. The molecule has 0 unspecified atom stereocenters. The molecule has 0 radical (unpaired) electrons. The van der Waals surface area contributed by atoms with Crippen molar-refractivity contribution in [1.82, 2.24) is 14.5 Å². The van der Waals surface area contributed by atoms with Crippen LogP contribution in [0.15, 0.2) is 206 Å². The molecule has 8 aromatic carbocycles. The number of rotatable bonds is 8. The minimum atomic E-state index is -2.43. The third-order valence-electron chi connectivity index (χ3n) is 11.9. The highest BCUT2D eigenvalue weighted by atomic mass is 16.3. The van der Waals surface area contributed by atoms with E-state index in [1.54, 1.807) is 12.1 Å². The molecule has 4 heteroatoms. The number of phenolic OH excluding ortho intramolecular Hbond substituents is 1. The summed E-state index contributed by atoms with van der Waals surface area (Å²) in [6.45, 7) is 4.11. The second kappa shape index (κ2) is 16.2. The van der Waals surface area contributed by atoms with Crippen LogP contribution < -0.4 is 0 Å². The van der Waals surface area contributed by atoms with Gasteiger partial charge in [-0.05, 0) is 129 Å². The highest BCUT2D eigenvalue weighted by Crippen LogP contribution is 2.43. The summed E-state index contributed by atoms with van der Waals surface area (Å²) >= 11 is 0.